The predicted molar refractivity (Wildman–Crippen MR) is 63.9 cm³/mol. The van der Waals surface area contributed by atoms with Crippen LogP contribution in [0.5, 0.6) is 0 Å². The van der Waals surface area contributed by atoms with E-state index in [-0.39, 0.29) is 11.4 Å². The fourth-order valence-corrected chi connectivity index (χ4v) is 1.43. The van der Waals surface area contributed by atoms with Gasteiger partial charge < -0.3 is 4.74 Å². The molecule has 0 amide bonds. The van der Waals surface area contributed by atoms with Crippen molar-refractivity contribution in [3.05, 3.63) is 34.3 Å². The van der Waals surface area contributed by atoms with Crippen molar-refractivity contribution in [1.29, 1.82) is 0 Å². The average Bonchev–Trinajstić information content (AvgIpc) is 2.14. The van der Waals surface area contributed by atoms with Gasteiger partial charge in [-0.15, -0.1) is 0 Å². The summed E-state index contributed by atoms with van der Waals surface area (Å²) in [5.74, 6) is -0.280. The molecular formula is C12H15BrO2. The smallest absolute Gasteiger partial charge is 0.339 e. The van der Waals surface area contributed by atoms with Crippen LogP contribution in [-0.2, 0) is 4.74 Å². The number of carbonyl (C=O) groups excluding carboxylic acids is 1. The third kappa shape index (κ3) is 4.04. The summed E-state index contributed by atoms with van der Waals surface area (Å²) >= 11 is 3.32. The first-order chi connectivity index (χ1) is 6.90. The lowest BCUT2D eigenvalue weighted by Gasteiger charge is -2.17. The molecule has 2 nitrogen and oxygen atoms in total. The second-order valence-electron chi connectivity index (χ2n) is 4.62. The molecule has 82 valence electrons. The molecule has 0 saturated carbocycles. The minimum Gasteiger partial charge on any atom is -0.462 e. The van der Waals surface area contributed by atoms with Crippen molar-refractivity contribution in [2.75, 3.05) is 6.61 Å². The van der Waals surface area contributed by atoms with E-state index in [1.165, 1.54) is 0 Å². The Morgan fingerprint density at radius 1 is 1.33 bits per heavy atom. The molecule has 0 heterocycles. The highest BCUT2D eigenvalue weighted by atomic mass is 79.9. The summed E-state index contributed by atoms with van der Waals surface area (Å²) in [5, 5.41) is 0. The molecule has 0 aliphatic heterocycles. The molecule has 0 bridgehead atoms. The quantitative estimate of drug-likeness (QED) is 0.767. The van der Waals surface area contributed by atoms with Crippen molar-refractivity contribution in [2.45, 2.75) is 20.8 Å². The van der Waals surface area contributed by atoms with Crippen LogP contribution in [-0.4, -0.2) is 12.6 Å². The van der Waals surface area contributed by atoms with Crippen LogP contribution in [0.2, 0.25) is 0 Å². The van der Waals surface area contributed by atoms with Crippen LogP contribution in [0.4, 0.5) is 0 Å². The molecule has 0 saturated heterocycles. The Morgan fingerprint density at radius 2 is 1.93 bits per heavy atom. The molecule has 0 atom stereocenters. The zero-order valence-corrected chi connectivity index (χ0v) is 10.8. The second-order valence-corrected chi connectivity index (χ2v) is 5.47. The Bertz CT molecular complexity index is 353. The van der Waals surface area contributed by atoms with Gasteiger partial charge >= 0.3 is 5.97 Å². The van der Waals surface area contributed by atoms with Crippen molar-refractivity contribution in [1.82, 2.24) is 0 Å². The topological polar surface area (TPSA) is 26.3 Å². The van der Waals surface area contributed by atoms with Gasteiger partial charge in [-0.05, 0) is 33.5 Å². The maximum Gasteiger partial charge on any atom is 0.339 e. The number of carbonyl (C=O) groups is 1. The van der Waals surface area contributed by atoms with Gasteiger partial charge in [0.25, 0.3) is 0 Å². The Hall–Kier alpha value is -0.830. The third-order valence-corrected chi connectivity index (χ3v) is 2.42. The SMILES string of the molecule is CC(C)(C)COC(=O)c1ccccc1Br. The van der Waals surface area contributed by atoms with Crippen LogP contribution < -0.4 is 0 Å². The van der Waals surface area contributed by atoms with Crippen molar-refractivity contribution in [3.8, 4) is 0 Å². The van der Waals surface area contributed by atoms with Gasteiger partial charge in [0.2, 0.25) is 0 Å². The van der Waals surface area contributed by atoms with Gasteiger partial charge in [-0.2, -0.15) is 0 Å². The molecule has 0 unspecified atom stereocenters. The first kappa shape index (κ1) is 12.2. The number of ether oxygens (including phenoxy) is 1. The number of benzene rings is 1. The van der Waals surface area contributed by atoms with Gasteiger partial charge in [0.15, 0.2) is 0 Å². The number of hydrogen-bond donors (Lipinski definition) is 0. The summed E-state index contributed by atoms with van der Waals surface area (Å²) in [6, 6.07) is 7.26. The predicted octanol–water partition coefficient (Wildman–Crippen LogP) is 3.65. The molecule has 1 aromatic rings. The van der Waals surface area contributed by atoms with E-state index in [9.17, 15) is 4.79 Å². The van der Waals surface area contributed by atoms with E-state index in [1.54, 1.807) is 6.07 Å². The molecule has 0 aliphatic carbocycles. The third-order valence-electron chi connectivity index (χ3n) is 1.73. The van der Waals surface area contributed by atoms with Gasteiger partial charge in [0.1, 0.15) is 0 Å². The second kappa shape index (κ2) is 4.79. The zero-order valence-electron chi connectivity index (χ0n) is 9.21. The number of rotatable bonds is 2. The van der Waals surface area contributed by atoms with Gasteiger partial charge in [0, 0.05) is 4.47 Å². The summed E-state index contributed by atoms with van der Waals surface area (Å²) in [4.78, 5) is 11.7. The highest BCUT2D eigenvalue weighted by molar-refractivity contribution is 9.10. The summed E-state index contributed by atoms with van der Waals surface area (Å²) in [6.07, 6.45) is 0. The van der Waals surface area contributed by atoms with Crippen molar-refractivity contribution in [3.63, 3.8) is 0 Å². The van der Waals surface area contributed by atoms with Crippen molar-refractivity contribution < 1.29 is 9.53 Å². The summed E-state index contributed by atoms with van der Waals surface area (Å²) in [6.45, 7) is 6.51. The number of hydrogen-bond acceptors (Lipinski definition) is 2. The fourth-order valence-electron chi connectivity index (χ4n) is 0.987. The molecule has 0 aromatic heterocycles. The standard InChI is InChI=1S/C12H15BrO2/c1-12(2,3)8-15-11(14)9-6-4-5-7-10(9)13/h4-7H,8H2,1-3H3. The molecule has 1 aromatic carbocycles. The first-order valence-corrected chi connectivity index (χ1v) is 5.61. The van der Waals surface area contributed by atoms with Gasteiger partial charge in [-0.25, -0.2) is 4.79 Å². The van der Waals surface area contributed by atoms with Gasteiger partial charge in [0.05, 0.1) is 12.2 Å². The number of halogens is 1. The summed E-state index contributed by atoms with van der Waals surface area (Å²) in [7, 11) is 0. The minimum atomic E-state index is -0.280. The van der Waals surface area contributed by atoms with E-state index >= 15 is 0 Å². The lowest BCUT2D eigenvalue weighted by Crippen LogP contribution is -2.18. The normalized spacial score (nSPS) is 11.2. The van der Waals surface area contributed by atoms with E-state index in [0.717, 1.165) is 4.47 Å². The molecule has 0 radical (unpaired) electrons. The Balaban J connectivity index is 2.66. The van der Waals surface area contributed by atoms with Crippen LogP contribution in [0.15, 0.2) is 28.7 Å². The average molecular weight is 271 g/mol. The lowest BCUT2D eigenvalue weighted by atomic mass is 9.99. The monoisotopic (exact) mass is 270 g/mol. The van der Waals surface area contributed by atoms with E-state index in [1.807, 2.05) is 39.0 Å². The highest BCUT2D eigenvalue weighted by Crippen LogP contribution is 2.19. The van der Waals surface area contributed by atoms with Crippen LogP contribution >= 0.6 is 15.9 Å². The van der Waals surface area contributed by atoms with Gasteiger partial charge in [-0.3, -0.25) is 0 Å². The molecular weight excluding hydrogens is 256 g/mol. The van der Waals surface area contributed by atoms with E-state index in [0.29, 0.717) is 12.2 Å². The molecule has 0 fully saturated rings. The maximum absolute atomic E-state index is 11.7. The lowest BCUT2D eigenvalue weighted by molar-refractivity contribution is 0.0366. The van der Waals surface area contributed by atoms with Crippen molar-refractivity contribution in [2.24, 2.45) is 5.41 Å². The molecule has 1 rings (SSSR count). The Labute approximate surface area is 98.8 Å². The largest absolute Gasteiger partial charge is 0.462 e. The van der Waals surface area contributed by atoms with Crippen LogP contribution in [0.25, 0.3) is 0 Å². The molecule has 15 heavy (non-hydrogen) atoms. The molecule has 0 aliphatic rings. The molecule has 0 spiro atoms. The van der Waals surface area contributed by atoms with Crippen LogP contribution in [0, 0.1) is 5.41 Å². The first-order valence-electron chi connectivity index (χ1n) is 4.82. The number of esters is 1. The summed E-state index contributed by atoms with van der Waals surface area (Å²) < 4.78 is 5.97. The van der Waals surface area contributed by atoms with Crippen molar-refractivity contribution >= 4 is 21.9 Å². The Morgan fingerprint density at radius 3 is 2.47 bits per heavy atom. The van der Waals surface area contributed by atoms with Crippen LogP contribution in [0.1, 0.15) is 31.1 Å². The Kier molecular flexibility index (Phi) is 3.91. The highest BCUT2D eigenvalue weighted by Gasteiger charge is 2.16. The molecule has 3 heteroatoms. The van der Waals surface area contributed by atoms with Crippen LogP contribution in [0.3, 0.4) is 0 Å². The fraction of sp³-hybridized carbons (Fsp3) is 0.417. The summed E-state index contributed by atoms with van der Waals surface area (Å²) in [5.41, 5.74) is 0.568. The maximum atomic E-state index is 11.7. The molecule has 0 N–H and O–H groups in total. The van der Waals surface area contributed by atoms with E-state index < -0.39 is 0 Å². The van der Waals surface area contributed by atoms with E-state index in [2.05, 4.69) is 15.9 Å². The zero-order chi connectivity index (χ0) is 11.5. The minimum absolute atomic E-state index is 0.00306. The van der Waals surface area contributed by atoms with E-state index in [4.69, 9.17) is 4.74 Å². The van der Waals surface area contributed by atoms with Gasteiger partial charge in [-0.1, -0.05) is 32.9 Å².